The first-order chi connectivity index (χ1) is 12.6. The first kappa shape index (κ1) is 18.8. The van der Waals surface area contributed by atoms with Crippen LogP contribution in [0.3, 0.4) is 0 Å². The number of hydrogen-bond donors (Lipinski definition) is 1. The SMILES string of the molecule is Cc1cccc(OCc2nnc(SCC(=O)N[C@H]3CCCC[C@H]3C)o2)c1. The lowest BCUT2D eigenvalue weighted by Crippen LogP contribution is -2.41. The van der Waals surface area contributed by atoms with Gasteiger partial charge in [0.25, 0.3) is 11.1 Å². The molecule has 140 valence electrons. The lowest BCUT2D eigenvalue weighted by molar-refractivity contribution is -0.119. The Hall–Kier alpha value is -2.02. The molecule has 26 heavy (non-hydrogen) atoms. The van der Waals surface area contributed by atoms with Crippen molar-refractivity contribution in [1.29, 1.82) is 0 Å². The monoisotopic (exact) mass is 375 g/mol. The Kier molecular flexibility index (Phi) is 6.55. The zero-order valence-electron chi connectivity index (χ0n) is 15.2. The zero-order chi connectivity index (χ0) is 18.4. The molecule has 3 rings (SSSR count). The lowest BCUT2D eigenvalue weighted by atomic mass is 9.86. The molecule has 2 atom stereocenters. The lowest BCUT2D eigenvalue weighted by Gasteiger charge is -2.29. The van der Waals surface area contributed by atoms with Gasteiger partial charge in [0.15, 0.2) is 6.61 Å². The van der Waals surface area contributed by atoms with Crippen molar-refractivity contribution in [3.8, 4) is 5.75 Å². The minimum Gasteiger partial charge on any atom is -0.484 e. The molecule has 1 aliphatic carbocycles. The molecule has 7 heteroatoms. The molecule has 2 aromatic rings. The normalized spacial score (nSPS) is 19.9. The molecule has 6 nitrogen and oxygen atoms in total. The van der Waals surface area contributed by atoms with Gasteiger partial charge in [0, 0.05) is 6.04 Å². The number of hydrogen-bond acceptors (Lipinski definition) is 6. The van der Waals surface area contributed by atoms with Crippen LogP contribution in [0.25, 0.3) is 0 Å². The predicted molar refractivity (Wildman–Crippen MR) is 100 cm³/mol. The molecule has 1 amide bonds. The number of aryl methyl sites for hydroxylation is 1. The molecule has 1 heterocycles. The second-order valence-corrected chi connectivity index (χ2v) is 7.72. The molecule has 0 aliphatic heterocycles. The van der Waals surface area contributed by atoms with E-state index in [1.807, 2.05) is 31.2 Å². The van der Waals surface area contributed by atoms with Crippen LogP contribution >= 0.6 is 11.8 Å². The van der Waals surface area contributed by atoms with Gasteiger partial charge < -0.3 is 14.5 Å². The van der Waals surface area contributed by atoms with Crippen molar-refractivity contribution in [2.45, 2.75) is 57.4 Å². The fourth-order valence-electron chi connectivity index (χ4n) is 3.11. The highest BCUT2D eigenvalue weighted by Gasteiger charge is 2.23. The van der Waals surface area contributed by atoms with Crippen molar-refractivity contribution in [3.05, 3.63) is 35.7 Å². The zero-order valence-corrected chi connectivity index (χ0v) is 16.1. The molecule has 1 aromatic carbocycles. The highest BCUT2D eigenvalue weighted by Crippen LogP contribution is 2.24. The number of aromatic nitrogens is 2. The molecule has 0 saturated heterocycles. The molecule has 1 aliphatic rings. The maximum absolute atomic E-state index is 12.1. The molecular weight excluding hydrogens is 350 g/mol. The van der Waals surface area contributed by atoms with E-state index >= 15 is 0 Å². The topological polar surface area (TPSA) is 77.2 Å². The summed E-state index contributed by atoms with van der Waals surface area (Å²) in [5.41, 5.74) is 1.13. The second kappa shape index (κ2) is 9.07. The predicted octanol–water partition coefficient (Wildman–Crippen LogP) is 3.74. The molecule has 1 fully saturated rings. The van der Waals surface area contributed by atoms with E-state index in [-0.39, 0.29) is 24.3 Å². The van der Waals surface area contributed by atoms with Gasteiger partial charge in [-0.2, -0.15) is 0 Å². The van der Waals surface area contributed by atoms with Gasteiger partial charge >= 0.3 is 0 Å². The highest BCUT2D eigenvalue weighted by atomic mass is 32.2. The van der Waals surface area contributed by atoms with Crippen LogP contribution in [0, 0.1) is 12.8 Å². The Morgan fingerprint density at radius 2 is 2.19 bits per heavy atom. The molecular formula is C19H25N3O3S. The van der Waals surface area contributed by atoms with E-state index in [4.69, 9.17) is 9.15 Å². The van der Waals surface area contributed by atoms with Crippen LogP contribution in [0.1, 0.15) is 44.1 Å². The molecule has 1 aromatic heterocycles. The third-order valence-electron chi connectivity index (χ3n) is 4.58. The number of carbonyl (C=O) groups excluding carboxylic acids is 1. The first-order valence-electron chi connectivity index (χ1n) is 9.04. The molecule has 0 bridgehead atoms. The number of amides is 1. The molecule has 0 spiro atoms. The Bertz CT molecular complexity index is 734. The van der Waals surface area contributed by atoms with Crippen LogP contribution in [-0.4, -0.2) is 27.9 Å². The van der Waals surface area contributed by atoms with Crippen LogP contribution in [0.5, 0.6) is 5.75 Å². The maximum Gasteiger partial charge on any atom is 0.277 e. The van der Waals surface area contributed by atoms with E-state index in [0.717, 1.165) is 17.7 Å². The van der Waals surface area contributed by atoms with E-state index in [2.05, 4.69) is 22.4 Å². The third-order valence-corrected chi connectivity index (χ3v) is 5.40. The fourth-order valence-corrected chi connectivity index (χ4v) is 3.70. The highest BCUT2D eigenvalue weighted by molar-refractivity contribution is 7.99. The second-order valence-electron chi connectivity index (χ2n) is 6.79. The van der Waals surface area contributed by atoms with Crippen molar-refractivity contribution in [3.63, 3.8) is 0 Å². The number of thioether (sulfide) groups is 1. The summed E-state index contributed by atoms with van der Waals surface area (Å²) in [4.78, 5) is 12.1. The summed E-state index contributed by atoms with van der Waals surface area (Å²) >= 11 is 1.26. The van der Waals surface area contributed by atoms with Gasteiger partial charge in [-0.3, -0.25) is 4.79 Å². The minimum atomic E-state index is 0.0181. The van der Waals surface area contributed by atoms with Crippen molar-refractivity contribution >= 4 is 17.7 Å². The Morgan fingerprint density at radius 3 is 3.00 bits per heavy atom. The summed E-state index contributed by atoms with van der Waals surface area (Å²) in [7, 11) is 0. The van der Waals surface area contributed by atoms with Crippen molar-refractivity contribution < 1.29 is 13.9 Å². The van der Waals surface area contributed by atoms with Gasteiger partial charge in [-0.25, -0.2) is 0 Å². The summed E-state index contributed by atoms with van der Waals surface area (Å²) in [5.74, 6) is 2.01. The van der Waals surface area contributed by atoms with Gasteiger partial charge in [-0.15, -0.1) is 10.2 Å². The number of nitrogens with zero attached hydrogens (tertiary/aromatic N) is 2. The number of carbonyl (C=O) groups is 1. The van der Waals surface area contributed by atoms with Crippen molar-refractivity contribution in [2.24, 2.45) is 5.92 Å². The van der Waals surface area contributed by atoms with Gasteiger partial charge in [0.05, 0.1) is 5.75 Å². The Labute approximate surface area is 158 Å². The third kappa shape index (κ3) is 5.49. The van der Waals surface area contributed by atoms with Gasteiger partial charge in [-0.05, 0) is 43.4 Å². The van der Waals surface area contributed by atoms with E-state index in [1.165, 1.54) is 31.0 Å². The van der Waals surface area contributed by atoms with Crippen LogP contribution in [-0.2, 0) is 11.4 Å². The first-order valence-corrected chi connectivity index (χ1v) is 10.0. The quantitative estimate of drug-likeness (QED) is 0.743. The summed E-state index contributed by atoms with van der Waals surface area (Å²) in [6.45, 7) is 4.42. The average Bonchev–Trinajstić information content (AvgIpc) is 3.08. The van der Waals surface area contributed by atoms with Crippen molar-refractivity contribution in [2.75, 3.05) is 5.75 Å². The molecule has 1 N–H and O–H groups in total. The molecule has 1 saturated carbocycles. The summed E-state index contributed by atoms with van der Waals surface area (Å²) < 4.78 is 11.2. The summed E-state index contributed by atoms with van der Waals surface area (Å²) in [5, 5.41) is 11.4. The molecule has 0 radical (unpaired) electrons. The smallest absolute Gasteiger partial charge is 0.277 e. The Balaban J connectivity index is 1.42. The number of benzene rings is 1. The summed E-state index contributed by atoms with van der Waals surface area (Å²) in [6.07, 6.45) is 4.71. The largest absolute Gasteiger partial charge is 0.484 e. The van der Waals surface area contributed by atoms with Crippen LogP contribution in [0.15, 0.2) is 33.9 Å². The maximum atomic E-state index is 12.1. The van der Waals surface area contributed by atoms with E-state index < -0.39 is 0 Å². The fraction of sp³-hybridized carbons (Fsp3) is 0.526. The number of ether oxygens (including phenoxy) is 1. The van der Waals surface area contributed by atoms with Crippen molar-refractivity contribution in [1.82, 2.24) is 15.5 Å². The van der Waals surface area contributed by atoms with Gasteiger partial charge in [0.1, 0.15) is 5.75 Å². The van der Waals surface area contributed by atoms with E-state index in [1.54, 1.807) is 0 Å². The summed E-state index contributed by atoms with van der Waals surface area (Å²) in [6, 6.07) is 8.06. The minimum absolute atomic E-state index is 0.0181. The van der Waals surface area contributed by atoms with E-state index in [9.17, 15) is 4.79 Å². The molecule has 0 unspecified atom stereocenters. The van der Waals surface area contributed by atoms with Gasteiger partial charge in [-0.1, -0.05) is 43.7 Å². The van der Waals surface area contributed by atoms with Gasteiger partial charge in [0.2, 0.25) is 5.91 Å². The number of rotatable bonds is 7. The Morgan fingerprint density at radius 1 is 1.35 bits per heavy atom. The van der Waals surface area contributed by atoms with Crippen LogP contribution < -0.4 is 10.1 Å². The van der Waals surface area contributed by atoms with Crippen LogP contribution in [0.4, 0.5) is 0 Å². The van der Waals surface area contributed by atoms with E-state index in [0.29, 0.717) is 17.0 Å². The standard InChI is InChI=1S/C19H25N3O3S/c1-13-6-5-8-15(10-13)24-11-18-21-22-19(25-18)26-12-17(23)20-16-9-4-3-7-14(16)2/h5-6,8,10,14,16H,3-4,7,9,11-12H2,1-2H3,(H,20,23)/t14-,16+/m1/s1. The van der Waals surface area contributed by atoms with Crippen LogP contribution in [0.2, 0.25) is 0 Å². The number of nitrogens with one attached hydrogen (secondary N) is 1. The average molecular weight is 375 g/mol.